The quantitative estimate of drug-likeness (QED) is 0.172. The zero-order valence-electron chi connectivity index (χ0n) is 29.9. The molecule has 0 aliphatic rings. The highest BCUT2D eigenvalue weighted by molar-refractivity contribution is 6.18. The molecular weight excluding hydrogens is 669 g/mol. The Morgan fingerprint density at radius 3 is 1.85 bits per heavy atom. The minimum Gasteiger partial charge on any atom is -0.456 e. The van der Waals surface area contributed by atoms with E-state index in [0.29, 0.717) is 0 Å². The van der Waals surface area contributed by atoms with E-state index in [2.05, 4.69) is 210 Å². The van der Waals surface area contributed by atoms with Crippen LogP contribution in [-0.4, -0.2) is 4.57 Å². The standard InChI is InChI=1S/C52H34N2O/c1-4-16-35(17-5-1)38-32-44(37-18-6-2-7-19-37)52-45(33-38)42-31-30-40(34-48(42)54(52)39-22-8-3-9-23-39)53(46-26-14-21-36-20-10-11-24-41(36)46)47-27-15-29-50-51(47)43-25-12-13-28-49(43)55-50/h1-34H. The molecule has 55 heavy (non-hydrogen) atoms. The van der Waals surface area contributed by atoms with E-state index < -0.39 is 0 Å². The van der Waals surface area contributed by atoms with Gasteiger partial charge in [0.05, 0.1) is 27.8 Å². The summed E-state index contributed by atoms with van der Waals surface area (Å²) in [5.41, 5.74) is 13.2. The maximum absolute atomic E-state index is 6.46. The summed E-state index contributed by atoms with van der Waals surface area (Å²) < 4.78 is 8.92. The van der Waals surface area contributed by atoms with E-state index in [9.17, 15) is 0 Å². The van der Waals surface area contributed by atoms with Gasteiger partial charge in [0.2, 0.25) is 0 Å². The molecule has 0 aliphatic carbocycles. The molecule has 0 atom stereocenters. The summed E-state index contributed by atoms with van der Waals surface area (Å²) in [6, 6.07) is 74.0. The fraction of sp³-hybridized carbons (Fsp3) is 0. The second-order valence-corrected chi connectivity index (χ2v) is 14.1. The van der Waals surface area contributed by atoms with Crippen LogP contribution in [0.15, 0.2) is 211 Å². The summed E-state index contributed by atoms with van der Waals surface area (Å²) in [6.45, 7) is 0. The minimum atomic E-state index is 0.865. The SMILES string of the molecule is c1ccc(-c2cc(-c3ccccc3)c3c(c2)c2ccc(N(c4cccc5ccccc45)c4cccc5oc6ccccc6c45)cc2n3-c2ccccc2)cc1. The summed E-state index contributed by atoms with van der Waals surface area (Å²) in [5, 5.41) is 6.96. The van der Waals surface area contributed by atoms with Gasteiger partial charge in [0.25, 0.3) is 0 Å². The lowest BCUT2D eigenvalue weighted by molar-refractivity contribution is 0.669. The van der Waals surface area contributed by atoms with Gasteiger partial charge in [-0.1, -0.05) is 146 Å². The van der Waals surface area contributed by atoms with Crippen molar-refractivity contribution in [3.63, 3.8) is 0 Å². The molecule has 0 saturated carbocycles. The first-order valence-corrected chi connectivity index (χ1v) is 18.8. The number of aromatic nitrogens is 1. The number of hydrogen-bond donors (Lipinski definition) is 0. The first kappa shape index (κ1) is 31.2. The first-order valence-electron chi connectivity index (χ1n) is 18.8. The van der Waals surface area contributed by atoms with Crippen LogP contribution in [0.5, 0.6) is 0 Å². The van der Waals surface area contributed by atoms with Crippen LogP contribution in [0, 0.1) is 0 Å². The highest BCUT2D eigenvalue weighted by Gasteiger charge is 2.24. The molecule has 2 heterocycles. The van der Waals surface area contributed by atoms with Crippen LogP contribution in [0.25, 0.3) is 82.5 Å². The highest BCUT2D eigenvalue weighted by Crippen LogP contribution is 2.47. The lowest BCUT2D eigenvalue weighted by Gasteiger charge is -2.28. The molecule has 11 rings (SSSR count). The molecule has 3 heteroatoms. The maximum atomic E-state index is 6.46. The van der Waals surface area contributed by atoms with Crippen LogP contribution in [0.3, 0.4) is 0 Å². The van der Waals surface area contributed by atoms with E-state index in [1.165, 1.54) is 49.3 Å². The van der Waals surface area contributed by atoms with Crippen molar-refractivity contribution in [2.45, 2.75) is 0 Å². The minimum absolute atomic E-state index is 0.865. The van der Waals surface area contributed by atoms with Crippen molar-refractivity contribution >= 4 is 71.6 Å². The molecule has 9 aromatic carbocycles. The van der Waals surface area contributed by atoms with Crippen LogP contribution in [0.4, 0.5) is 17.1 Å². The van der Waals surface area contributed by atoms with E-state index in [4.69, 9.17) is 4.42 Å². The predicted molar refractivity (Wildman–Crippen MR) is 231 cm³/mol. The molecule has 0 aliphatic heterocycles. The van der Waals surface area contributed by atoms with Crippen molar-refractivity contribution in [3.8, 4) is 27.9 Å². The van der Waals surface area contributed by atoms with Crippen molar-refractivity contribution < 1.29 is 4.42 Å². The lowest BCUT2D eigenvalue weighted by atomic mass is 9.95. The molecule has 0 bridgehead atoms. The van der Waals surface area contributed by atoms with Gasteiger partial charge in [0.15, 0.2) is 0 Å². The maximum Gasteiger partial charge on any atom is 0.137 e. The molecule has 0 saturated heterocycles. The predicted octanol–water partition coefficient (Wildman–Crippen LogP) is 14.6. The molecule has 3 nitrogen and oxygen atoms in total. The van der Waals surface area contributed by atoms with Gasteiger partial charge in [-0.25, -0.2) is 0 Å². The number of fused-ring (bicyclic) bond motifs is 7. The smallest absolute Gasteiger partial charge is 0.137 e. The van der Waals surface area contributed by atoms with Crippen LogP contribution in [0.1, 0.15) is 0 Å². The zero-order chi connectivity index (χ0) is 36.3. The number of nitrogens with zero attached hydrogens (tertiary/aromatic N) is 2. The number of para-hydroxylation sites is 2. The zero-order valence-corrected chi connectivity index (χ0v) is 29.9. The second kappa shape index (κ2) is 12.6. The summed E-state index contributed by atoms with van der Waals surface area (Å²) in [6.07, 6.45) is 0. The third kappa shape index (κ3) is 5.05. The highest BCUT2D eigenvalue weighted by atomic mass is 16.3. The number of hydrogen-bond acceptors (Lipinski definition) is 2. The largest absolute Gasteiger partial charge is 0.456 e. The van der Waals surface area contributed by atoms with Gasteiger partial charge < -0.3 is 13.9 Å². The van der Waals surface area contributed by atoms with E-state index in [-0.39, 0.29) is 0 Å². The van der Waals surface area contributed by atoms with Crippen molar-refractivity contribution in [2.24, 2.45) is 0 Å². The van der Waals surface area contributed by atoms with Gasteiger partial charge in [-0.3, -0.25) is 0 Å². The summed E-state index contributed by atoms with van der Waals surface area (Å²) in [4.78, 5) is 2.42. The van der Waals surface area contributed by atoms with E-state index in [1.807, 2.05) is 6.07 Å². The Kier molecular flexibility index (Phi) is 7.17. The van der Waals surface area contributed by atoms with Gasteiger partial charge in [-0.15, -0.1) is 0 Å². The fourth-order valence-corrected chi connectivity index (χ4v) is 8.51. The Morgan fingerprint density at radius 2 is 1.04 bits per heavy atom. The Morgan fingerprint density at radius 1 is 0.400 bits per heavy atom. The second-order valence-electron chi connectivity index (χ2n) is 14.1. The monoisotopic (exact) mass is 702 g/mol. The van der Waals surface area contributed by atoms with E-state index in [0.717, 1.165) is 50.2 Å². The molecule has 0 N–H and O–H groups in total. The molecular formula is C52H34N2O. The van der Waals surface area contributed by atoms with Gasteiger partial charge in [-0.05, 0) is 82.7 Å². The molecule has 2 aromatic heterocycles. The van der Waals surface area contributed by atoms with Crippen molar-refractivity contribution in [3.05, 3.63) is 206 Å². The summed E-state index contributed by atoms with van der Waals surface area (Å²) >= 11 is 0. The fourth-order valence-electron chi connectivity index (χ4n) is 8.51. The van der Waals surface area contributed by atoms with Crippen molar-refractivity contribution in [1.82, 2.24) is 4.57 Å². The average molecular weight is 703 g/mol. The average Bonchev–Trinajstić information content (AvgIpc) is 3.80. The van der Waals surface area contributed by atoms with Gasteiger partial charge >= 0.3 is 0 Å². The van der Waals surface area contributed by atoms with Gasteiger partial charge in [-0.2, -0.15) is 0 Å². The topological polar surface area (TPSA) is 21.3 Å². The number of anilines is 3. The Hall–Kier alpha value is -7.36. The molecule has 0 unspecified atom stereocenters. The van der Waals surface area contributed by atoms with Crippen LogP contribution < -0.4 is 4.90 Å². The Balaban J connectivity index is 1.27. The van der Waals surface area contributed by atoms with Crippen molar-refractivity contribution in [2.75, 3.05) is 4.90 Å². The molecule has 0 amide bonds. The Labute approximate surface area is 318 Å². The van der Waals surface area contributed by atoms with Crippen LogP contribution in [-0.2, 0) is 0 Å². The summed E-state index contributed by atoms with van der Waals surface area (Å²) in [7, 11) is 0. The molecule has 0 fully saturated rings. The van der Waals surface area contributed by atoms with Crippen LogP contribution >= 0.6 is 0 Å². The van der Waals surface area contributed by atoms with Crippen LogP contribution in [0.2, 0.25) is 0 Å². The molecule has 11 aromatic rings. The van der Waals surface area contributed by atoms with Gasteiger partial charge in [0.1, 0.15) is 11.2 Å². The van der Waals surface area contributed by atoms with Crippen molar-refractivity contribution in [1.29, 1.82) is 0 Å². The molecule has 258 valence electrons. The van der Waals surface area contributed by atoms with E-state index in [1.54, 1.807) is 0 Å². The third-order valence-corrected chi connectivity index (χ3v) is 10.9. The third-order valence-electron chi connectivity index (χ3n) is 10.9. The number of rotatable bonds is 6. The number of benzene rings is 9. The molecule has 0 radical (unpaired) electrons. The lowest BCUT2D eigenvalue weighted by Crippen LogP contribution is -2.11. The number of furan rings is 1. The van der Waals surface area contributed by atoms with E-state index >= 15 is 0 Å². The van der Waals surface area contributed by atoms with Gasteiger partial charge in [0, 0.05) is 38.5 Å². The molecule has 0 spiro atoms. The summed E-state index contributed by atoms with van der Waals surface area (Å²) in [5.74, 6) is 0. The normalized spacial score (nSPS) is 11.6. The Bertz CT molecular complexity index is 3190. The first-order chi connectivity index (χ1) is 27.3.